The first-order valence-electron chi connectivity index (χ1n) is 8.74. The number of methoxy groups -OCH3 is 1. The molecule has 0 atom stereocenters. The van der Waals surface area contributed by atoms with Gasteiger partial charge in [-0.3, -0.25) is 4.79 Å². The molecule has 6 heteroatoms. The predicted octanol–water partition coefficient (Wildman–Crippen LogP) is 3.29. The van der Waals surface area contributed by atoms with Gasteiger partial charge in [0, 0.05) is 32.0 Å². The Balaban J connectivity index is 1.67. The van der Waals surface area contributed by atoms with E-state index in [1.807, 2.05) is 13.8 Å². The number of fused-ring (bicyclic) bond motifs is 1. The van der Waals surface area contributed by atoms with Gasteiger partial charge < -0.3 is 19.1 Å². The number of benzene rings is 1. The molecule has 0 N–H and O–H groups in total. The molecule has 0 bridgehead atoms. The molecule has 0 aliphatic carbocycles. The maximum Gasteiger partial charge on any atom is 0.409 e. The van der Waals surface area contributed by atoms with Crippen molar-refractivity contribution in [2.24, 2.45) is 5.92 Å². The van der Waals surface area contributed by atoms with E-state index < -0.39 is 5.60 Å². The number of likely N-dealkylation sites (tertiary alicyclic amines) is 1. The number of carbonyl (C=O) groups is 2. The maximum absolute atomic E-state index is 12.5. The summed E-state index contributed by atoms with van der Waals surface area (Å²) in [5.74, 6) is 1.63. The summed E-state index contributed by atoms with van der Waals surface area (Å²) in [6, 6.07) is 5.28. The summed E-state index contributed by atoms with van der Waals surface area (Å²) >= 11 is 0. The van der Waals surface area contributed by atoms with E-state index in [4.69, 9.17) is 14.2 Å². The second-order valence-corrected chi connectivity index (χ2v) is 7.20. The van der Waals surface area contributed by atoms with Gasteiger partial charge in [0.2, 0.25) is 0 Å². The highest BCUT2D eigenvalue weighted by Gasteiger charge is 2.44. The Morgan fingerprint density at radius 3 is 2.68 bits per heavy atom. The number of Topliss-reactive ketones (excluding diaryl/α,β-unsaturated/α-hetero) is 1. The van der Waals surface area contributed by atoms with Crippen molar-refractivity contribution in [1.29, 1.82) is 0 Å². The highest BCUT2D eigenvalue weighted by atomic mass is 16.6. The molecule has 136 valence electrons. The lowest BCUT2D eigenvalue weighted by Gasteiger charge is -2.43. The van der Waals surface area contributed by atoms with Crippen LogP contribution in [0.15, 0.2) is 18.2 Å². The van der Waals surface area contributed by atoms with Crippen molar-refractivity contribution in [3.63, 3.8) is 0 Å². The molecule has 2 aliphatic rings. The van der Waals surface area contributed by atoms with Gasteiger partial charge in [-0.15, -0.1) is 0 Å². The molecule has 2 heterocycles. The molecule has 0 radical (unpaired) electrons. The summed E-state index contributed by atoms with van der Waals surface area (Å²) < 4.78 is 16.7. The second kappa shape index (κ2) is 6.94. The van der Waals surface area contributed by atoms with E-state index in [1.54, 1.807) is 30.2 Å². The third-order valence-electron chi connectivity index (χ3n) is 4.77. The zero-order valence-electron chi connectivity index (χ0n) is 15.0. The molecule has 0 aromatic heterocycles. The highest BCUT2D eigenvalue weighted by Crippen LogP contribution is 2.40. The summed E-state index contributed by atoms with van der Waals surface area (Å²) in [4.78, 5) is 26.3. The highest BCUT2D eigenvalue weighted by molar-refractivity contribution is 6.00. The van der Waals surface area contributed by atoms with Crippen molar-refractivity contribution in [3.05, 3.63) is 23.8 Å². The average Bonchev–Trinajstić information content (AvgIpc) is 2.59. The number of rotatable bonds is 3. The van der Waals surface area contributed by atoms with Crippen LogP contribution in [0.3, 0.4) is 0 Å². The Kier molecular flexibility index (Phi) is 4.88. The third-order valence-corrected chi connectivity index (χ3v) is 4.77. The third kappa shape index (κ3) is 3.72. The van der Waals surface area contributed by atoms with E-state index in [0.29, 0.717) is 61.9 Å². The van der Waals surface area contributed by atoms with Crippen molar-refractivity contribution in [1.82, 2.24) is 4.90 Å². The Morgan fingerprint density at radius 2 is 2.04 bits per heavy atom. The second-order valence-electron chi connectivity index (χ2n) is 7.20. The van der Waals surface area contributed by atoms with Gasteiger partial charge in [0.25, 0.3) is 0 Å². The quantitative estimate of drug-likeness (QED) is 0.839. The number of carbonyl (C=O) groups excluding carboxylic acids is 2. The van der Waals surface area contributed by atoms with Crippen molar-refractivity contribution in [2.75, 3.05) is 26.8 Å². The number of piperidine rings is 1. The van der Waals surface area contributed by atoms with Crippen LogP contribution in [0, 0.1) is 5.92 Å². The molecule has 1 spiro atoms. The largest absolute Gasteiger partial charge is 0.497 e. The standard InChI is InChI=1S/C19H25NO5/c1-13(2)12-24-18(22)20-8-6-19(7-9-20)11-16(21)15-5-4-14(23-3)10-17(15)25-19/h4-5,10,13H,6-9,11-12H2,1-3H3. The molecule has 0 saturated carbocycles. The number of hydrogen-bond donors (Lipinski definition) is 0. The monoisotopic (exact) mass is 347 g/mol. The lowest BCUT2D eigenvalue weighted by molar-refractivity contribution is -0.0101. The summed E-state index contributed by atoms with van der Waals surface area (Å²) in [6.45, 7) is 5.49. The fourth-order valence-corrected chi connectivity index (χ4v) is 3.31. The van der Waals surface area contributed by atoms with E-state index in [9.17, 15) is 9.59 Å². The van der Waals surface area contributed by atoms with E-state index in [0.717, 1.165) is 0 Å². The Morgan fingerprint density at radius 1 is 1.32 bits per heavy atom. The summed E-state index contributed by atoms with van der Waals surface area (Å²) in [5, 5.41) is 0. The molecule has 25 heavy (non-hydrogen) atoms. The van der Waals surface area contributed by atoms with Crippen LogP contribution in [0.4, 0.5) is 4.79 Å². The first-order valence-corrected chi connectivity index (χ1v) is 8.74. The zero-order chi connectivity index (χ0) is 18.0. The van der Waals surface area contributed by atoms with Crippen LogP contribution in [0.2, 0.25) is 0 Å². The SMILES string of the molecule is COc1ccc2c(c1)OC1(CCN(C(=O)OCC(C)C)CC1)CC2=O. The van der Waals surface area contributed by atoms with Gasteiger partial charge >= 0.3 is 6.09 Å². The van der Waals surface area contributed by atoms with E-state index >= 15 is 0 Å². The fraction of sp³-hybridized carbons (Fsp3) is 0.579. The number of hydrogen-bond acceptors (Lipinski definition) is 5. The van der Waals surface area contributed by atoms with E-state index in [2.05, 4.69) is 0 Å². The molecule has 1 amide bonds. The summed E-state index contributed by atoms with van der Waals surface area (Å²) in [6.07, 6.45) is 1.30. The molecular formula is C19H25NO5. The zero-order valence-corrected chi connectivity index (χ0v) is 15.0. The van der Waals surface area contributed by atoms with Crippen LogP contribution in [0.1, 0.15) is 43.5 Å². The van der Waals surface area contributed by atoms with Crippen LogP contribution in [-0.2, 0) is 4.74 Å². The Bertz CT molecular complexity index is 662. The van der Waals surface area contributed by atoms with Crippen molar-refractivity contribution in [2.45, 2.75) is 38.7 Å². The Labute approximate surface area is 148 Å². The first kappa shape index (κ1) is 17.6. The van der Waals surface area contributed by atoms with Gasteiger partial charge in [0.05, 0.1) is 25.7 Å². The molecular weight excluding hydrogens is 322 g/mol. The molecule has 0 unspecified atom stereocenters. The topological polar surface area (TPSA) is 65.1 Å². The van der Waals surface area contributed by atoms with Crippen LogP contribution < -0.4 is 9.47 Å². The van der Waals surface area contributed by atoms with Gasteiger partial charge in [-0.05, 0) is 18.1 Å². The minimum atomic E-state index is -0.536. The van der Waals surface area contributed by atoms with Gasteiger partial charge in [-0.2, -0.15) is 0 Å². The normalized spacial score (nSPS) is 18.7. The molecule has 1 saturated heterocycles. The minimum Gasteiger partial charge on any atom is -0.497 e. The minimum absolute atomic E-state index is 0.0831. The first-order chi connectivity index (χ1) is 11.9. The maximum atomic E-state index is 12.5. The molecule has 2 aliphatic heterocycles. The number of nitrogens with zero attached hydrogens (tertiary/aromatic N) is 1. The van der Waals surface area contributed by atoms with Gasteiger partial charge in [0.1, 0.15) is 17.1 Å². The summed E-state index contributed by atoms with van der Waals surface area (Å²) in [5.41, 5.74) is 0.0656. The van der Waals surface area contributed by atoms with Crippen molar-refractivity contribution in [3.8, 4) is 11.5 Å². The Hall–Kier alpha value is -2.24. The van der Waals surface area contributed by atoms with Crippen LogP contribution in [0.25, 0.3) is 0 Å². The van der Waals surface area contributed by atoms with Crippen molar-refractivity contribution < 1.29 is 23.8 Å². The van der Waals surface area contributed by atoms with Gasteiger partial charge in [-0.25, -0.2) is 4.79 Å². The molecule has 3 rings (SSSR count). The molecule has 1 aromatic carbocycles. The predicted molar refractivity (Wildman–Crippen MR) is 92.3 cm³/mol. The van der Waals surface area contributed by atoms with Crippen molar-refractivity contribution >= 4 is 11.9 Å². The van der Waals surface area contributed by atoms with Gasteiger partial charge in [0.15, 0.2) is 5.78 Å². The average molecular weight is 347 g/mol. The van der Waals surface area contributed by atoms with Crippen LogP contribution in [-0.4, -0.2) is 49.2 Å². The number of ether oxygens (including phenoxy) is 3. The summed E-state index contributed by atoms with van der Waals surface area (Å²) in [7, 11) is 1.59. The van der Waals surface area contributed by atoms with E-state index in [-0.39, 0.29) is 11.9 Å². The lowest BCUT2D eigenvalue weighted by atomic mass is 9.82. The molecule has 1 aromatic rings. The lowest BCUT2D eigenvalue weighted by Crippen LogP contribution is -2.52. The van der Waals surface area contributed by atoms with Crippen LogP contribution >= 0.6 is 0 Å². The fourth-order valence-electron chi connectivity index (χ4n) is 3.31. The number of amides is 1. The molecule has 1 fully saturated rings. The van der Waals surface area contributed by atoms with E-state index in [1.165, 1.54) is 0 Å². The smallest absolute Gasteiger partial charge is 0.409 e. The van der Waals surface area contributed by atoms with Gasteiger partial charge in [-0.1, -0.05) is 13.8 Å². The molecule has 6 nitrogen and oxygen atoms in total. The number of ketones is 1. The van der Waals surface area contributed by atoms with Crippen LogP contribution in [0.5, 0.6) is 11.5 Å².